The number of fused-ring (bicyclic) bond motifs is 1. The molecule has 0 aliphatic carbocycles. The van der Waals surface area contributed by atoms with E-state index in [2.05, 4.69) is 15.9 Å². The number of hydrogen-bond donors (Lipinski definition) is 1. The lowest BCUT2D eigenvalue weighted by Crippen LogP contribution is -2.45. The van der Waals surface area contributed by atoms with E-state index in [0.717, 1.165) is 10.0 Å². The first-order valence-electron chi connectivity index (χ1n) is 8.04. The molecule has 1 fully saturated rings. The average molecular weight is 398 g/mol. The molecule has 0 spiro atoms. The van der Waals surface area contributed by atoms with Crippen molar-refractivity contribution in [2.75, 3.05) is 26.3 Å². The molecule has 1 amide bonds. The summed E-state index contributed by atoms with van der Waals surface area (Å²) in [5.41, 5.74) is 0.845. The molecule has 0 saturated carbocycles. The fourth-order valence-electron chi connectivity index (χ4n) is 3.26. The van der Waals surface area contributed by atoms with Crippen molar-refractivity contribution in [3.8, 4) is 11.5 Å². The first-order chi connectivity index (χ1) is 11.5. The Morgan fingerprint density at radius 1 is 1.29 bits per heavy atom. The van der Waals surface area contributed by atoms with E-state index in [1.54, 1.807) is 4.90 Å². The van der Waals surface area contributed by atoms with Crippen LogP contribution in [0.1, 0.15) is 18.9 Å². The number of carbonyl (C=O) groups is 2. The van der Waals surface area contributed by atoms with Crippen LogP contribution in [0.15, 0.2) is 16.6 Å². The molecular formula is C17H20BrNO5. The Labute approximate surface area is 148 Å². The number of rotatable bonds is 3. The van der Waals surface area contributed by atoms with E-state index in [4.69, 9.17) is 9.47 Å². The van der Waals surface area contributed by atoms with Crippen molar-refractivity contribution in [2.24, 2.45) is 11.8 Å². The number of hydrogen-bond acceptors (Lipinski definition) is 4. The second kappa shape index (κ2) is 7.01. The van der Waals surface area contributed by atoms with Crippen LogP contribution in [0.25, 0.3) is 0 Å². The number of carbonyl (C=O) groups excluding carboxylic acids is 1. The smallest absolute Gasteiger partial charge is 0.306 e. The van der Waals surface area contributed by atoms with Crippen molar-refractivity contribution in [3.05, 3.63) is 22.2 Å². The highest BCUT2D eigenvalue weighted by molar-refractivity contribution is 9.10. The summed E-state index contributed by atoms with van der Waals surface area (Å²) in [6, 6.07) is 3.67. The molecule has 1 N–H and O–H groups in total. The fourth-order valence-corrected chi connectivity index (χ4v) is 3.72. The Balaban J connectivity index is 1.68. The molecule has 0 bridgehead atoms. The van der Waals surface area contributed by atoms with Gasteiger partial charge in [0.05, 0.1) is 12.3 Å². The minimum absolute atomic E-state index is 0.00284. The van der Waals surface area contributed by atoms with E-state index in [0.29, 0.717) is 44.2 Å². The number of carboxylic acids is 1. The van der Waals surface area contributed by atoms with Crippen molar-refractivity contribution in [1.82, 2.24) is 4.90 Å². The summed E-state index contributed by atoms with van der Waals surface area (Å²) in [5.74, 6) is 0.164. The maximum Gasteiger partial charge on any atom is 0.306 e. The van der Waals surface area contributed by atoms with E-state index < -0.39 is 5.97 Å². The predicted octanol–water partition coefficient (Wildman–Crippen LogP) is 2.33. The van der Waals surface area contributed by atoms with E-state index in [1.807, 2.05) is 19.1 Å². The number of benzene rings is 1. The highest BCUT2D eigenvalue weighted by Crippen LogP contribution is 2.36. The third kappa shape index (κ3) is 3.50. The van der Waals surface area contributed by atoms with Crippen LogP contribution in [-0.4, -0.2) is 48.2 Å². The van der Waals surface area contributed by atoms with Crippen LogP contribution in [0.5, 0.6) is 11.5 Å². The molecule has 1 saturated heterocycles. The van der Waals surface area contributed by atoms with Gasteiger partial charge in [-0.05, 0) is 30.0 Å². The number of amides is 1. The lowest BCUT2D eigenvalue weighted by molar-refractivity contribution is -0.148. The molecule has 2 aliphatic heterocycles. The van der Waals surface area contributed by atoms with Gasteiger partial charge in [0.1, 0.15) is 13.2 Å². The molecule has 130 valence electrons. The van der Waals surface area contributed by atoms with Gasteiger partial charge in [-0.15, -0.1) is 0 Å². The first kappa shape index (κ1) is 17.1. The molecule has 24 heavy (non-hydrogen) atoms. The number of piperidine rings is 1. The Morgan fingerprint density at radius 2 is 1.96 bits per heavy atom. The summed E-state index contributed by atoms with van der Waals surface area (Å²) in [6.45, 7) is 3.88. The predicted molar refractivity (Wildman–Crippen MR) is 90.3 cm³/mol. The maximum absolute atomic E-state index is 12.6. The van der Waals surface area contributed by atoms with Crippen molar-refractivity contribution in [3.63, 3.8) is 0 Å². The van der Waals surface area contributed by atoms with E-state index in [-0.39, 0.29) is 24.2 Å². The summed E-state index contributed by atoms with van der Waals surface area (Å²) < 4.78 is 11.9. The Kier molecular flexibility index (Phi) is 4.99. The monoisotopic (exact) mass is 397 g/mol. The van der Waals surface area contributed by atoms with Gasteiger partial charge in [-0.25, -0.2) is 0 Å². The Bertz CT molecular complexity index is 663. The van der Waals surface area contributed by atoms with Crippen LogP contribution < -0.4 is 9.47 Å². The van der Waals surface area contributed by atoms with Gasteiger partial charge in [0.25, 0.3) is 0 Å². The van der Waals surface area contributed by atoms with Gasteiger partial charge >= 0.3 is 5.97 Å². The van der Waals surface area contributed by atoms with Gasteiger partial charge in [-0.2, -0.15) is 0 Å². The molecule has 7 heteroatoms. The Hall–Kier alpha value is -1.76. The molecule has 2 atom stereocenters. The topological polar surface area (TPSA) is 76.1 Å². The molecule has 6 nitrogen and oxygen atoms in total. The minimum Gasteiger partial charge on any atom is -0.486 e. The number of nitrogens with zero attached hydrogens (tertiary/aromatic N) is 1. The molecule has 1 aromatic carbocycles. The first-order valence-corrected chi connectivity index (χ1v) is 8.83. The summed E-state index contributed by atoms with van der Waals surface area (Å²) in [4.78, 5) is 25.5. The van der Waals surface area contributed by atoms with E-state index in [1.165, 1.54) is 0 Å². The summed E-state index contributed by atoms with van der Waals surface area (Å²) >= 11 is 3.48. The summed E-state index contributed by atoms with van der Waals surface area (Å²) in [7, 11) is 0. The van der Waals surface area contributed by atoms with Crippen LogP contribution in [0.4, 0.5) is 0 Å². The number of likely N-dealkylation sites (tertiary alicyclic amines) is 1. The lowest BCUT2D eigenvalue weighted by atomic mass is 9.87. The van der Waals surface area contributed by atoms with Gasteiger partial charge in [-0.3, -0.25) is 9.59 Å². The molecule has 0 aromatic heterocycles. The average Bonchev–Trinajstić information content (AvgIpc) is 2.55. The molecule has 0 radical (unpaired) electrons. The number of carboxylic acid groups (broad SMARTS) is 1. The minimum atomic E-state index is -0.774. The molecular weight excluding hydrogens is 378 g/mol. The highest BCUT2D eigenvalue weighted by Gasteiger charge is 2.33. The normalized spacial score (nSPS) is 23.0. The largest absolute Gasteiger partial charge is 0.486 e. The standard InChI is InChI=1S/C17H20BrNO5/c1-10-9-19(3-2-12(10)17(21)22)16(20)7-11-6-14-15(8-13(11)18)24-5-4-23-14/h6,8,10,12H,2-5,7,9H2,1H3,(H,21,22). The van der Waals surface area contributed by atoms with Crippen LogP contribution in [0.3, 0.4) is 0 Å². The van der Waals surface area contributed by atoms with Crippen LogP contribution in [-0.2, 0) is 16.0 Å². The maximum atomic E-state index is 12.6. The van der Waals surface area contributed by atoms with Crippen molar-refractivity contribution >= 4 is 27.8 Å². The zero-order valence-electron chi connectivity index (χ0n) is 13.5. The summed E-state index contributed by atoms with van der Waals surface area (Å²) in [6.07, 6.45) is 0.756. The Morgan fingerprint density at radius 3 is 2.58 bits per heavy atom. The van der Waals surface area contributed by atoms with Crippen molar-refractivity contribution in [2.45, 2.75) is 19.8 Å². The molecule has 1 aromatic rings. The van der Waals surface area contributed by atoms with Gasteiger partial charge in [0, 0.05) is 17.6 Å². The highest BCUT2D eigenvalue weighted by atomic mass is 79.9. The van der Waals surface area contributed by atoms with Crippen molar-refractivity contribution < 1.29 is 24.2 Å². The zero-order chi connectivity index (χ0) is 17.3. The molecule has 2 unspecified atom stereocenters. The molecule has 2 heterocycles. The second-order valence-electron chi connectivity index (χ2n) is 6.31. The van der Waals surface area contributed by atoms with E-state index in [9.17, 15) is 14.7 Å². The molecule has 2 aliphatic rings. The third-order valence-electron chi connectivity index (χ3n) is 4.63. The van der Waals surface area contributed by atoms with E-state index >= 15 is 0 Å². The SMILES string of the molecule is CC1CN(C(=O)Cc2cc3c(cc2Br)OCCO3)CCC1C(=O)O. The fraction of sp³-hybridized carbons (Fsp3) is 0.529. The van der Waals surface area contributed by atoms with Crippen LogP contribution >= 0.6 is 15.9 Å². The quantitative estimate of drug-likeness (QED) is 0.846. The van der Waals surface area contributed by atoms with Crippen LogP contribution in [0.2, 0.25) is 0 Å². The lowest BCUT2D eigenvalue weighted by Gasteiger charge is -2.35. The molecule has 3 rings (SSSR count). The van der Waals surface area contributed by atoms with Gasteiger partial charge < -0.3 is 19.5 Å². The van der Waals surface area contributed by atoms with Gasteiger partial charge in [0.15, 0.2) is 11.5 Å². The van der Waals surface area contributed by atoms with Crippen molar-refractivity contribution in [1.29, 1.82) is 0 Å². The number of aliphatic carboxylic acids is 1. The van der Waals surface area contributed by atoms with Gasteiger partial charge in [0.2, 0.25) is 5.91 Å². The van der Waals surface area contributed by atoms with Crippen LogP contribution in [0, 0.1) is 11.8 Å². The number of ether oxygens (including phenoxy) is 2. The van der Waals surface area contributed by atoms with Gasteiger partial charge in [-0.1, -0.05) is 22.9 Å². The summed E-state index contributed by atoms with van der Waals surface area (Å²) in [5, 5.41) is 9.18. The second-order valence-corrected chi connectivity index (χ2v) is 7.17. The number of halogens is 1. The zero-order valence-corrected chi connectivity index (χ0v) is 15.0. The third-order valence-corrected chi connectivity index (χ3v) is 5.37.